The molecule has 1 aliphatic carbocycles. The molecule has 1 saturated carbocycles. The molecule has 5 aromatic rings. The van der Waals surface area contributed by atoms with Gasteiger partial charge in [-0.05, 0) is 47.2 Å². The van der Waals surface area contributed by atoms with Crippen LogP contribution in [0.1, 0.15) is 52.7 Å². The van der Waals surface area contributed by atoms with Crippen molar-refractivity contribution >= 4 is 5.91 Å². The van der Waals surface area contributed by atoms with Gasteiger partial charge in [0, 0.05) is 30.8 Å². The minimum atomic E-state index is -1.36. The summed E-state index contributed by atoms with van der Waals surface area (Å²) in [6.45, 7) is 0.918. The van der Waals surface area contributed by atoms with Gasteiger partial charge < -0.3 is 19.7 Å². The van der Waals surface area contributed by atoms with Crippen LogP contribution in [-0.4, -0.2) is 37.4 Å². The first kappa shape index (κ1) is 27.7. The minimum absolute atomic E-state index is 0.111. The fourth-order valence-corrected chi connectivity index (χ4v) is 5.96. The summed E-state index contributed by atoms with van der Waals surface area (Å²) < 4.78 is 5.79. The van der Waals surface area contributed by atoms with E-state index < -0.39 is 12.0 Å². The van der Waals surface area contributed by atoms with Gasteiger partial charge in [-0.1, -0.05) is 78.9 Å². The number of nitrogens with one attached hydrogen (secondary N) is 1. The number of aliphatic hydroxyl groups is 1. The van der Waals surface area contributed by atoms with Crippen LogP contribution in [-0.2, 0) is 29.8 Å². The first-order valence-electron chi connectivity index (χ1n) is 14.9. The Morgan fingerprint density at radius 3 is 2.45 bits per heavy atom. The van der Waals surface area contributed by atoms with E-state index in [1.165, 1.54) is 0 Å². The number of amides is 1. The van der Waals surface area contributed by atoms with Crippen LogP contribution in [0, 0.1) is 0 Å². The fraction of sp³-hybridized carbons (Fsp3) is 0.222. The molecule has 44 heavy (non-hydrogen) atoms. The number of pyridine rings is 1. The maximum absolute atomic E-state index is 13.4. The van der Waals surface area contributed by atoms with Crippen LogP contribution in [0.5, 0.6) is 5.88 Å². The summed E-state index contributed by atoms with van der Waals surface area (Å²) in [6, 6.07) is 31.0. The van der Waals surface area contributed by atoms with Crippen LogP contribution in [0.4, 0.5) is 0 Å². The summed E-state index contributed by atoms with van der Waals surface area (Å²) >= 11 is 0. The second-order valence-corrected chi connectivity index (χ2v) is 11.5. The van der Waals surface area contributed by atoms with Gasteiger partial charge in [0.05, 0.1) is 23.2 Å². The van der Waals surface area contributed by atoms with E-state index in [2.05, 4.69) is 22.1 Å². The molecule has 2 N–H and O–H groups in total. The van der Waals surface area contributed by atoms with Gasteiger partial charge in [-0.3, -0.25) is 9.59 Å². The molecular weight excluding hydrogens is 552 g/mol. The molecule has 0 bridgehead atoms. The molecule has 2 aliphatic rings. The smallest absolute Gasteiger partial charge is 0.256 e. The number of carbonyl (C=O) groups is 1. The molecule has 1 fully saturated rings. The summed E-state index contributed by atoms with van der Waals surface area (Å²) in [6.07, 6.45) is 2.69. The van der Waals surface area contributed by atoms with Crippen molar-refractivity contribution in [1.29, 1.82) is 0 Å². The lowest BCUT2D eigenvalue weighted by Crippen LogP contribution is -2.42. The summed E-state index contributed by atoms with van der Waals surface area (Å²) in [7, 11) is 0. The second kappa shape index (κ2) is 11.5. The predicted octanol–water partition coefficient (Wildman–Crippen LogP) is 5.11. The van der Waals surface area contributed by atoms with Gasteiger partial charge in [-0.25, -0.2) is 9.97 Å². The van der Waals surface area contributed by atoms with Crippen LogP contribution < -0.4 is 10.3 Å². The van der Waals surface area contributed by atoms with Crippen molar-refractivity contribution in [3.05, 3.63) is 147 Å². The highest BCUT2D eigenvalue weighted by molar-refractivity contribution is 5.83. The average Bonchev–Trinajstić information content (AvgIpc) is 3.90. The molecule has 0 radical (unpaired) electrons. The van der Waals surface area contributed by atoms with Crippen LogP contribution in [0.25, 0.3) is 11.1 Å². The molecule has 220 valence electrons. The molecule has 0 unspecified atom stereocenters. The molecule has 3 aromatic carbocycles. The Hall–Kier alpha value is -5.08. The topological polar surface area (TPSA) is 108 Å². The van der Waals surface area contributed by atoms with E-state index in [1.54, 1.807) is 29.3 Å². The molecule has 8 nitrogen and oxygen atoms in total. The zero-order valence-corrected chi connectivity index (χ0v) is 24.1. The number of hydrogen-bond acceptors (Lipinski definition) is 6. The highest BCUT2D eigenvalue weighted by atomic mass is 16.5. The van der Waals surface area contributed by atoms with Gasteiger partial charge >= 0.3 is 0 Å². The Morgan fingerprint density at radius 1 is 0.955 bits per heavy atom. The van der Waals surface area contributed by atoms with Gasteiger partial charge in [-0.2, -0.15) is 0 Å². The zero-order chi connectivity index (χ0) is 30.1. The van der Waals surface area contributed by atoms with Crippen molar-refractivity contribution in [2.24, 2.45) is 0 Å². The third kappa shape index (κ3) is 5.40. The Bertz CT molecular complexity index is 1850. The predicted molar refractivity (Wildman–Crippen MR) is 166 cm³/mol. The van der Waals surface area contributed by atoms with Gasteiger partial charge in [0.25, 0.3) is 11.5 Å². The molecule has 1 atom stereocenters. The number of ether oxygens (including phenoxy) is 1. The van der Waals surface area contributed by atoms with Gasteiger partial charge in [-0.15, -0.1) is 0 Å². The molecule has 0 spiro atoms. The maximum atomic E-state index is 13.4. The molecule has 7 rings (SSSR count). The number of hydrogen-bond donors (Lipinski definition) is 2. The lowest BCUT2D eigenvalue weighted by atomic mass is 9.94. The van der Waals surface area contributed by atoms with Crippen molar-refractivity contribution < 1.29 is 14.6 Å². The Morgan fingerprint density at radius 2 is 1.73 bits per heavy atom. The molecule has 3 heterocycles. The number of nitrogens with zero attached hydrogens (tertiary/aromatic N) is 3. The summed E-state index contributed by atoms with van der Waals surface area (Å²) in [5.41, 5.74) is 5.10. The fourth-order valence-electron chi connectivity index (χ4n) is 5.96. The van der Waals surface area contributed by atoms with Crippen molar-refractivity contribution in [1.82, 2.24) is 19.9 Å². The maximum Gasteiger partial charge on any atom is 0.256 e. The second-order valence-electron chi connectivity index (χ2n) is 11.5. The average molecular weight is 585 g/mol. The number of aliphatic hydroxyl groups excluding tert-OH is 1. The van der Waals surface area contributed by atoms with Crippen molar-refractivity contribution in [3.63, 3.8) is 0 Å². The highest BCUT2D eigenvalue weighted by Crippen LogP contribution is 2.52. The monoisotopic (exact) mass is 584 g/mol. The number of aromatic amines is 1. The molecule has 1 aliphatic heterocycles. The normalized spacial score (nSPS) is 15.7. The Labute approximate surface area is 255 Å². The van der Waals surface area contributed by atoms with E-state index in [0.717, 1.165) is 40.8 Å². The third-order valence-electron chi connectivity index (χ3n) is 8.65. The van der Waals surface area contributed by atoms with Crippen molar-refractivity contribution in [2.75, 3.05) is 6.54 Å². The number of aromatic nitrogens is 3. The zero-order valence-electron chi connectivity index (χ0n) is 24.1. The number of carbonyl (C=O) groups excluding carboxylic acids is 1. The first-order valence-corrected chi connectivity index (χ1v) is 14.9. The summed E-state index contributed by atoms with van der Waals surface area (Å²) in [5.74, 6) is 0.773. The lowest BCUT2D eigenvalue weighted by Gasteiger charge is -2.30. The minimum Gasteiger partial charge on any atom is -0.473 e. The van der Waals surface area contributed by atoms with Crippen LogP contribution in [0.15, 0.2) is 108 Å². The Balaban J connectivity index is 1.04. The summed E-state index contributed by atoms with van der Waals surface area (Å²) in [4.78, 5) is 40.5. The highest BCUT2D eigenvalue weighted by Gasteiger charge is 2.48. The van der Waals surface area contributed by atoms with Crippen LogP contribution >= 0.6 is 0 Å². The number of H-pyrrole nitrogens is 1. The number of rotatable bonds is 8. The van der Waals surface area contributed by atoms with Crippen molar-refractivity contribution in [2.45, 2.75) is 43.9 Å². The van der Waals surface area contributed by atoms with E-state index >= 15 is 0 Å². The van der Waals surface area contributed by atoms with E-state index in [0.29, 0.717) is 42.4 Å². The quantitative estimate of drug-likeness (QED) is 0.263. The first-order chi connectivity index (χ1) is 21.5. The third-order valence-corrected chi connectivity index (χ3v) is 8.65. The van der Waals surface area contributed by atoms with Crippen molar-refractivity contribution in [3.8, 4) is 17.0 Å². The molecule has 1 amide bonds. The molecule has 0 saturated heterocycles. The number of fused-ring (bicyclic) bond motifs is 1. The SMILES string of the molecule is O=C([C@H](O)c1cccc(-c2ccc(OCc3ccccc3)nc2)c1)N1CCc2nc(C3(c4ccccc4)CC3)[nH]c(=O)c2C1. The van der Waals surface area contributed by atoms with E-state index in [4.69, 9.17) is 9.72 Å². The molecule has 2 aromatic heterocycles. The van der Waals surface area contributed by atoms with Gasteiger partial charge in [0.2, 0.25) is 5.88 Å². The van der Waals surface area contributed by atoms with E-state index in [-0.39, 0.29) is 17.5 Å². The van der Waals surface area contributed by atoms with Gasteiger partial charge in [0.1, 0.15) is 12.4 Å². The van der Waals surface area contributed by atoms with E-state index in [9.17, 15) is 14.7 Å². The summed E-state index contributed by atoms with van der Waals surface area (Å²) in [5, 5.41) is 11.1. The lowest BCUT2D eigenvalue weighted by molar-refractivity contribution is -0.141. The van der Waals surface area contributed by atoms with Gasteiger partial charge in [0.15, 0.2) is 6.10 Å². The van der Waals surface area contributed by atoms with Crippen LogP contribution in [0.3, 0.4) is 0 Å². The largest absolute Gasteiger partial charge is 0.473 e. The molecule has 8 heteroatoms. The number of benzene rings is 3. The Kier molecular flexibility index (Phi) is 7.28. The van der Waals surface area contributed by atoms with Crippen LogP contribution in [0.2, 0.25) is 0 Å². The molecular formula is C36H32N4O4. The standard InChI is InChI=1S/C36H32N4O4/c41-32(26-11-7-10-25(20-26)27-14-15-31(37-21-27)44-23-24-8-3-1-4-9-24)34(43)40-19-16-30-29(22-40)33(42)39-35(38-30)36(17-18-36)28-12-5-2-6-13-28/h1-15,20-21,32,41H,16-19,22-23H2,(H,38,39,42)/t32-/m1/s1. The van der Waals surface area contributed by atoms with E-state index in [1.807, 2.05) is 66.7 Å².